The van der Waals surface area contributed by atoms with Crippen LogP contribution in [0.4, 0.5) is 5.69 Å². The number of carbonyl (C=O) groups is 2. The van der Waals surface area contributed by atoms with Gasteiger partial charge in [0.2, 0.25) is 0 Å². The first-order valence-corrected chi connectivity index (χ1v) is 10.5. The van der Waals surface area contributed by atoms with Crippen molar-refractivity contribution in [1.82, 2.24) is 5.32 Å². The van der Waals surface area contributed by atoms with Crippen LogP contribution >= 0.6 is 11.3 Å². The number of rotatable bonds is 7. The molecule has 0 unspecified atom stereocenters. The van der Waals surface area contributed by atoms with Crippen molar-refractivity contribution >= 4 is 34.9 Å². The second-order valence-electron chi connectivity index (χ2n) is 6.93. The van der Waals surface area contributed by atoms with Crippen molar-refractivity contribution in [1.29, 1.82) is 0 Å². The monoisotopic (exact) mass is 436 g/mol. The van der Waals surface area contributed by atoms with Gasteiger partial charge in [0.25, 0.3) is 11.8 Å². The average Bonchev–Trinajstić information content (AvgIpc) is 3.25. The topological polar surface area (TPSA) is 76.7 Å². The number of ether oxygens (including phenoxy) is 2. The molecule has 2 N–H and O–H groups in total. The lowest BCUT2D eigenvalue weighted by molar-refractivity contribution is -0.113. The zero-order chi connectivity index (χ0) is 22.4. The van der Waals surface area contributed by atoms with E-state index in [9.17, 15) is 9.59 Å². The Morgan fingerprint density at radius 2 is 1.65 bits per heavy atom. The highest BCUT2D eigenvalue weighted by molar-refractivity contribution is 7.10. The molecule has 0 aliphatic carbocycles. The van der Waals surface area contributed by atoms with E-state index in [0.29, 0.717) is 22.7 Å². The van der Waals surface area contributed by atoms with Crippen LogP contribution in [-0.2, 0) is 4.79 Å². The second-order valence-corrected chi connectivity index (χ2v) is 7.91. The fourth-order valence-electron chi connectivity index (χ4n) is 3.09. The summed E-state index contributed by atoms with van der Waals surface area (Å²) in [6.45, 7) is 3.92. The Bertz CT molecular complexity index is 1100. The first-order chi connectivity index (χ1) is 14.9. The standard InChI is InChI=1S/C24H24N2O4S/c1-15-10-16(2)12-18(11-15)25-24(28)20(14-19-6-5-9-31-19)26-23(27)17-7-8-21(29-3)22(13-17)30-4/h5-14H,1-4H3,(H,25,28)(H,26,27)/b20-14-. The van der Waals surface area contributed by atoms with E-state index in [4.69, 9.17) is 9.47 Å². The number of benzene rings is 2. The summed E-state index contributed by atoms with van der Waals surface area (Å²) in [5, 5.41) is 7.51. The molecule has 0 spiro atoms. The van der Waals surface area contributed by atoms with Crippen molar-refractivity contribution in [3.05, 3.63) is 81.2 Å². The van der Waals surface area contributed by atoms with Crippen molar-refractivity contribution in [3.8, 4) is 11.5 Å². The van der Waals surface area contributed by atoms with Gasteiger partial charge in [0.15, 0.2) is 11.5 Å². The lowest BCUT2D eigenvalue weighted by atomic mass is 10.1. The van der Waals surface area contributed by atoms with Crippen LogP contribution in [0.15, 0.2) is 59.6 Å². The normalized spacial score (nSPS) is 11.0. The number of carbonyl (C=O) groups excluding carboxylic acids is 2. The smallest absolute Gasteiger partial charge is 0.272 e. The molecule has 7 heteroatoms. The summed E-state index contributed by atoms with van der Waals surface area (Å²) >= 11 is 1.47. The van der Waals surface area contributed by atoms with Gasteiger partial charge in [-0.05, 0) is 72.8 Å². The van der Waals surface area contributed by atoms with Crippen molar-refractivity contribution in [2.75, 3.05) is 19.5 Å². The lowest BCUT2D eigenvalue weighted by Crippen LogP contribution is -2.30. The minimum absolute atomic E-state index is 0.140. The quantitative estimate of drug-likeness (QED) is 0.522. The van der Waals surface area contributed by atoms with Gasteiger partial charge in [-0.3, -0.25) is 9.59 Å². The lowest BCUT2D eigenvalue weighted by Gasteiger charge is -2.13. The van der Waals surface area contributed by atoms with Gasteiger partial charge in [0, 0.05) is 16.1 Å². The van der Waals surface area contributed by atoms with E-state index < -0.39 is 11.8 Å². The Morgan fingerprint density at radius 1 is 0.935 bits per heavy atom. The third-order valence-electron chi connectivity index (χ3n) is 4.45. The van der Waals surface area contributed by atoms with Gasteiger partial charge >= 0.3 is 0 Å². The maximum atomic E-state index is 13.0. The predicted octanol–water partition coefficient (Wildman–Crippen LogP) is 4.79. The summed E-state index contributed by atoms with van der Waals surface area (Å²) in [5.74, 6) is 0.103. The zero-order valence-electron chi connectivity index (χ0n) is 17.8. The third-order valence-corrected chi connectivity index (χ3v) is 5.27. The maximum Gasteiger partial charge on any atom is 0.272 e. The Morgan fingerprint density at radius 3 is 2.26 bits per heavy atom. The van der Waals surface area contributed by atoms with Crippen LogP contribution in [0.2, 0.25) is 0 Å². The van der Waals surface area contributed by atoms with Gasteiger partial charge in [-0.1, -0.05) is 12.1 Å². The molecule has 0 bridgehead atoms. The van der Waals surface area contributed by atoms with E-state index in [1.54, 1.807) is 24.3 Å². The third kappa shape index (κ3) is 5.73. The molecule has 2 aromatic carbocycles. The van der Waals surface area contributed by atoms with Crippen LogP contribution in [0, 0.1) is 13.8 Å². The van der Waals surface area contributed by atoms with E-state index in [-0.39, 0.29) is 5.70 Å². The maximum absolute atomic E-state index is 13.0. The fraction of sp³-hybridized carbons (Fsp3) is 0.167. The van der Waals surface area contributed by atoms with Crippen molar-refractivity contribution in [3.63, 3.8) is 0 Å². The number of hydrogen-bond donors (Lipinski definition) is 2. The van der Waals surface area contributed by atoms with Crippen molar-refractivity contribution in [2.45, 2.75) is 13.8 Å². The SMILES string of the molecule is COc1ccc(C(=O)N/C(=C\c2cccs2)C(=O)Nc2cc(C)cc(C)c2)cc1OC. The summed E-state index contributed by atoms with van der Waals surface area (Å²) < 4.78 is 10.5. The van der Waals surface area contributed by atoms with Gasteiger partial charge < -0.3 is 20.1 Å². The summed E-state index contributed by atoms with van der Waals surface area (Å²) in [6, 6.07) is 14.4. The van der Waals surface area contributed by atoms with E-state index in [0.717, 1.165) is 16.0 Å². The van der Waals surface area contributed by atoms with Crippen molar-refractivity contribution < 1.29 is 19.1 Å². The molecule has 0 saturated carbocycles. The van der Waals surface area contributed by atoms with Crippen LogP contribution in [-0.4, -0.2) is 26.0 Å². The fourth-order valence-corrected chi connectivity index (χ4v) is 3.75. The first-order valence-electron chi connectivity index (χ1n) is 9.58. The largest absolute Gasteiger partial charge is 0.493 e. The summed E-state index contributed by atoms with van der Waals surface area (Å²) in [6.07, 6.45) is 1.65. The number of hydrogen-bond acceptors (Lipinski definition) is 5. The van der Waals surface area contributed by atoms with Gasteiger partial charge in [-0.25, -0.2) is 0 Å². The first kappa shape index (κ1) is 22.1. The Kier molecular flexibility index (Phi) is 7.10. The molecular weight excluding hydrogens is 412 g/mol. The molecule has 3 rings (SSSR count). The number of aryl methyl sites for hydroxylation is 2. The van der Waals surface area contributed by atoms with Gasteiger partial charge in [-0.15, -0.1) is 11.3 Å². The Balaban J connectivity index is 1.87. The minimum Gasteiger partial charge on any atom is -0.493 e. The summed E-state index contributed by atoms with van der Waals surface area (Å²) in [4.78, 5) is 26.8. The molecule has 0 aliphatic rings. The summed E-state index contributed by atoms with van der Waals surface area (Å²) in [5.41, 5.74) is 3.22. The molecule has 2 amide bonds. The highest BCUT2D eigenvalue weighted by atomic mass is 32.1. The van der Waals surface area contributed by atoms with Gasteiger partial charge in [0.1, 0.15) is 5.70 Å². The summed E-state index contributed by atoms with van der Waals surface area (Å²) in [7, 11) is 3.02. The number of nitrogens with one attached hydrogen (secondary N) is 2. The van der Waals surface area contributed by atoms with E-state index in [1.807, 2.05) is 49.6 Å². The molecule has 6 nitrogen and oxygen atoms in total. The molecule has 0 aliphatic heterocycles. The predicted molar refractivity (Wildman–Crippen MR) is 124 cm³/mol. The molecule has 1 aromatic heterocycles. The highest BCUT2D eigenvalue weighted by Gasteiger charge is 2.17. The molecule has 0 saturated heterocycles. The molecule has 31 heavy (non-hydrogen) atoms. The van der Waals surface area contributed by atoms with Crippen molar-refractivity contribution in [2.24, 2.45) is 0 Å². The van der Waals surface area contributed by atoms with Gasteiger partial charge in [0.05, 0.1) is 14.2 Å². The number of methoxy groups -OCH3 is 2. The minimum atomic E-state index is -0.431. The zero-order valence-corrected chi connectivity index (χ0v) is 18.6. The molecule has 0 radical (unpaired) electrons. The second kappa shape index (κ2) is 9.95. The number of anilines is 1. The Labute approximate surface area is 185 Å². The van der Waals surface area contributed by atoms with E-state index in [1.165, 1.54) is 25.6 Å². The van der Waals surface area contributed by atoms with Gasteiger partial charge in [-0.2, -0.15) is 0 Å². The molecule has 160 valence electrons. The van der Waals surface area contributed by atoms with E-state index in [2.05, 4.69) is 10.6 Å². The number of amides is 2. The Hall–Kier alpha value is -3.58. The van der Waals surface area contributed by atoms with Crippen LogP contribution in [0.1, 0.15) is 26.4 Å². The molecule has 0 fully saturated rings. The van der Waals surface area contributed by atoms with Crippen LogP contribution in [0.3, 0.4) is 0 Å². The molecular formula is C24H24N2O4S. The molecule has 3 aromatic rings. The number of thiophene rings is 1. The highest BCUT2D eigenvalue weighted by Crippen LogP contribution is 2.27. The average molecular weight is 437 g/mol. The van der Waals surface area contributed by atoms with Crippen LogP contribution in [0.25, 0.3) is 6.08 Å². The van der Waals surface area contributed by atoms with E-state index >= 15 is 0 Å². The van der Waals surface area contributed by atoms with Crippen LogP contribution in [0.5, 0.6) is 11.5 Å². The molecule has 0 atom stereocenters. The van der Waals surface area contributed by atoms with Crippen LogP contribution < -0.4 is 20.1 Å². The molecule has 1 heterocycles.